The van der Waals surface area contributed by atoms with Crippen molar-refractivity contribution in [2.45, 2.75) is 20.0 Å². The van der Waals surface area contributed by atoms with Gasteiger partial charge < -0.3 is 9.84 Å². The highest BCUT2D eigenvalue weighted by molar-refractivity contribution is 5.83. The van der Waals surface area contributed by atoms with Gasteiger partial charge in [0.2, 0.25) is 0 Å². The van der Waals surface area contributed by atoms with E-state index in [0.29, 0.717) is 0 Å². The van der Waals surface area contributed by atoms with Gasteiger partial charge in [-0.15, -0.1) is 0 Å². The molecule has 0 aliphatic heterocycles. The zero-order valence-electron chi connectivity index (χ0n) is 9.82. The molecule has 18 heavy (non-hydrogen) atoms. The normalized spacial score (nSPS) is 26.1. The van der Waals surface area contributed by atoms with Crippen LogP contribution in [-0.2, 0) is 14.3 Å². The van der Waals surface area contributed by atoms with E-state index < -0.39 is 36.1 Å². The molecular weight excluding hydrogens is 253 g/mol. The van der Waals surface area contributed by atoms with Gasteiger partial charge in [-0.3, -0.25) is 4.79 Å². The largest absolute Gasteiger partial charge is 0.481 e. The van der Waals surface area contributed by atoms with Crippen molar-refractivity contribution in [3.63, 3.8) is 0 Å². The summed E-state index contributed by atoms with van der Waals surface area (Å²) in [4.78, 5) is 21.7. The van der Waals surface area contributed by atoms with Crippen molar-refractivity contribution in [2.75, 3.05) is 6.61 Å². The predicted octanol–water partition coefficient (Wildman–Crippen LogP) is 2.00. The Balaban J connectivity index is 2.47. The lowest BCUT2D eigenvalue weighted by Crippen LogP contribution is -2.19. The smallest absolute Gasteiger partial charge is 0.422 e. The molecule has 4 nitrogen and oxygen atoms in total. The number of carbonyl (C=O) groups is 2. The van der Waals surface area contributed by atoms with Gasteiger partial charge in [0.25, 0.3) is 0 Å². The number of carboxylic acid groups (broad SMARTS) is 1. The SMILES string of the molecule is CC1(C)[C@H](C(=O)O)[C@@H]1/C=C\C(=O)OCC(F)(F)F. The molecule has 0 amide bonds. The third-order valence-electron chi connectivity index (χ3n) is 2.99. The quantitative estimate of drug-likeness (QED) is 0.624. The summed E-state index contributed by atoms with van der Waals surface area (Å²) in [7, 11) is 0. The Labute approximate surface area is 101 Å². The average Bonchev–Trinajstić information content (AvgIpc) is 2.73. The van der Waals surface area contributed by atoms with E-state index in [1.807, 2.05) is 0 Å². The molecule has 1 saturated carbocycles. The molecule has 0 heterocycles. The van der Waals surface area contributed by atoms with Gasteiger partial charge in [-0.05, 0) is 11.3 Å². The summed E-state index contributed by atoms with van der Waals surface area (Å²) < 4.78 is 39.2. The van der Waals surface area contributed by atoms with Gasteiger partial charge >= 0.3 is 18.1 Å². The first-order valence-corrected chi connectivity index (χ1v) is 5.20. The molecule has 7 heteroatoms. The number of ether oxygens (including phenoxy) is 1. The molecule has 1 N–H and O–H groups in total. The molecular formula is C11H13F3O4. The molecule has 0 radical (unpaired) electrons. The second-order valence-electron chi connectivity index (χ2n) is 4.75. The molecule has 102 valence electrons. The molecule has 0 bridgehead atoms. The van der Waals surface area contributed by atoms with E-state index in [2.05, 4.69) is 4.74 Å². The van der Waals surface area contributed by atoms with E-state index in [-0.39, 0.29) is 5.92 Å². The molecule has 1 aliphatic rings. The highest BCUT2D eigenvalue weighted by Crippen LogP contribution is 2.58. The van der Waals surface area contributed by atoms with Crippen LogP contribution in [0.5, 0.6) is 0 Å². The molecule has 1 rings (SSSR count). The molecule has 0 aromatic carbocycles. The summed E-state index contributed by atoms with van der Waals surface area (Å²) >= 11 is 0. The van der Waals surface area contributed by atoms with Crippen molar-refractivity contribution in [3.05, 3.63) is 12.2 Å². The zero-order valence-corrected chi connectivity index (χ0v) is 9.82. The van der Waals surface area contributed by atoms with Crippen molar-refractivity contribution in [1.29, 1.82) is 0 Å². The average molecular weight is 266 g/mol. The second kappa shape index (κ2) is 4.62. The molecule has 0 saturated heterocycles. The van der Waals surface area contributed by atoms with E-state index in [9.17, 15) is 22.8 Å². The number of hydrogen-bond acceptors (Lipinski definition) is 3. The minimum Gasteiger partial charge on any atom is -0.481 e. The van der Waals surface area contributed by atoms with Gasteiger partial charge in [-0.1, -0.05) is 19.9 Å². The van der Waals surface area contributed by atoms with Crippen LogP contribution in [0.25, 0.3) is 0 Å². The Bertz CT molecular complexity index is 384. The standard InChI is InChI=1S/C11H13F3O4/c1-10(2)6(8(10)9(16)17)3-4-7(15)18-5-11(12,13)14/h3-4,6,8H,5H2,1-2H3,(H,16,17)/b4-3-/t6-,8-/m0/s1. The minimum atomic E-state index is -4.56. The number of halogens is 3. The van der Waals surface area contributed by atoms with Crippen molar-refractivity contribution in [3.8, 4) is 0 Å². The van der Waals surface area contributed by atoms with E-state index in [1.54, 1.807) is 13.8 Å². The summed E-state index contributed by atoms with van der Waals surface area (Å²) in [5.74, 6) is -3.10. The first-order valence-electron chi connectivity index (χ1n) is 5.20. The van der Waals surface area contributed by atoms with Gasteiger partial charge in [-0.2, -0.15) is 13.2 Å². The number of aliphatic carboxylic acids is 1. The summed E-state index contributed by atoms with van der Waals surface area (Å²) in [5, 5.41) is 8.84. The van der Waals surface area contributed by atoms with Crippen LogP contribution in [0.15, 0.2) is 12.2 Å². The van der Waals surface area contributed by atoms with Gasteiger partial charge in [0, 0.05) is 6.08 Å². The van der Waals surface area contributed by atoms with Crippen LogP contribution in [0.3, 0.4) is 0 Å². The molecule has 1 fully saturated rings. The summed E-state index contributed by atoms with van der Waals surface area (Å²) in [5.41, 5.74) is -0.493. The maximum Gasteiger partial charge on any atom is 0.422 e. The predicted molar refractivity (Wildman–Crippen MR) is 54.6 cm³/mol. The van der Waals surface area contributed by atoms with E-state index in [0.717, 1.165) is 6.08 Å². The fourth-order valence-electron chi connectivity index (χ4n) is 1.89. The van der Waals surface area contributed by atoms with Crippen LogP contribution in [0.1, 0.15) is 13.8 Å². The molecule has 1 aliphatic carbocycles. The Morgan fingerprint density at radius 1 is 1.39 bits per heavy atom. The van der Waals surface area contributed by atoms with Crippen LogP contribution in [0.4, 0.5) is 13.2 Å². The van der Waals surface area contributed by atoms with E-state index in [4.69, 9.17) is 5.11 Å². The maximum absolute atomic E-state index is 11.7. The van der Waals surface area contributed by atoms with Crippen molar-refractivity contribution in [2.24, 2.45) is 17.3 Å². The molecule has 0 unspecified atom stereocenters. The maximum atomic E-state index is 11.7. The lowest BCUT2D eigenvalue weighted by molar-refractivity contribution is -0.182. The topological polar surface area (TPSA) is 63.6 Å². The highest BCUT2D eigenvalue weighted by Gasteiger charge is 2.60. The van der Waals surface area contributed by atoms with Crippen LogP contribution in [0.2, 0.25) is 0 Å². The Morgan fingerprint density at radius 3 is 2.33 bits per heavy atom. The second-order valence-corrected chi connectivity index (χ2v) is 4.75. The van der Waals surface area contributed by atoms with E-state index in [1.165, 1.54) is 6.08 Å². The first kappa shape index (κ1) is 14.5. The number of allylic oxidation sites excluding steroid dienone is 1. The lowest BCUT2D eigenvalue weighted by atomic mass is 10.1. The molecule has 0 aromatic rings. The fourth-order valence-corrected chi connectivity index (χ4v) is 1.89. The van der Waals surface area contributed by atoms with Gasteiger partial charge in [-0.25, -0.2) is 4.79 Å². The third kappa shape index (κ3) is 3.48. The van der Waals surface area contributed by atoms with Crippen LogP contribution >= 0.6 is 0 Å². The Hall–Kier alpha value is -1.53. The zero-order chi connectivity index (χ0) is 14.1. The van der Waals surface area contributed by atoms with Gasteiger partial charge in [0.15, 0.2) is 6.61 Å². The van der Waals surface area contributed by atoms with Crippen LogP contribution < -0.4 is 0 Å². The lowest BCUT2D eigenvalue weighted by Gasteiger charge is -2.05. The van der Waals surface area contributed by atoms with Crippen molar-refractivity contribution >= 4 is 11.9 Å². The molecule has 0 spiro atoms. The summed E-state index contributed by atoms with van der Waals surface area (Å²) in [6, 6.07) is 0. The minimum absolute atomic E-state index is 0.367. The molecule has 0 aromatic heterocycles. The van der Waals surface area contributed by atoms with Crippen LogP contribution in [0, 0.1) is 17.3 Å². The number of hydrogen-bond donors (Lipinski definition) is 1. The molecule has 2 atom stereocenters. The van der Waals surface area contributed by atoms with Crippen molar-refractivity contribution < 1.29 is 32.6 Å². The number of alkyl halides is 3. The third-order valence-corrected chi connectivity index (χ3v) is 2.99. The summed E-state index contributed by atoms with van der Waals surface area (Å²) in [6.45, 7) is 1.77. The van der Waals surface area contributed by atoms with Crippen molar-refractivity contribution in [1.82, 2.24) is 0 Å². The number of carboxylic acids is 1. The number of carbonyl (C=O) groups excluding carboxylic acids is 1. The summed E-state index contributed by atoms with van der Waals surface area (Å²) in [6.07, 6.45) is -2.43. The van der Waals surface area contributed by atoms with E-state index >= 15 is 0 Å². The number of rotatable bonds is 4. The monoisotopic (exact) mass is 266 g/mol. The highest BCUT2D eigenvalue weighted by atomic mass is 19.4. The van der Waals surface area contributed by atoms with Gasteiger partial charge in [0.1, 0.15) is 0 Å². The number of esters is 1. The van der Waals surface area contributed by atoms with Crippen LogP contribution in [-0.4, -0.2) is 29.8 Å². The Kier molecular flexibility index (Phi) is 3.73. The first-order chi connectivity index (χ1) is 8.05. The Morgan fingerprint density at radius 2 is 1.94 bits per heavy atom. The fraction of sp³-hybridized carbons (Fsp3) is 0.636. The van der Waals surface area contributed by atoms with Gasteiger partial charge in [0.05, 0.1) is 5.92 Å².